The Morgan fingerprint density at radius 1 is 0.966 bits per heavy atom. The molecule has 2 aromatic rings. The van der Waals surface area contributed by atoms with Crippen LogP contribution in [0, 0.1) is 10.1 Å². The molecule has 0 radical (unpaired) electrons. The Morgan fingerprint density at radius 2 is 1.52 bits per heavy atom. The van der Waals surface area contributed by atoms with E-state index in [2.05, 4.69) is 0 Å². The second kappa shape index (κ2) is 8.50. The van der Waals surface area contributed by atoms with Crippen LogP contribution in [0.5, 0.6) is 0 Å². The molecule has 0 unspecified atom stereocenters. The number of ketones is 1. The lowest BCUT2D eigenvalue weighted by Crippen LogP contribution is -2.27. The predicted molar refractivity (Wildman–Crippen MR) is 102 cm³/mol. The summed E-state index contributed by atoms with van der Waals surface area (Å²) in [4.78, 5) is 34.3. The topological polar surface area (TPSA) is 124 Å². The molecule has 0 spiro atoms. The highest BCUT2D eigenvalue weighted by molar-refractivity contribution is 7.89. The summed E-state index contributed by atoms with van der Waals surface area (Å²) >= 11 is 0. The van der Waals surface area contributed by atoms with Gasteiger partial charge in [-0.2, -0.15) is 4.31 Å². The van der Waals surface area contributed by atoms with Gasteiger partial charge in [-0.3, -0.25) is 14.9 Å². The van der Waals surface area contributed by atoms with Gasteiger partial charge in [0.15, 0.2) is 12.4 Å². The third kappa shape index (κ3) is 4.66. The smallest absolute Gasteiger partial charge is 0.338 e. The number of sulfonamides is 1. The fraction of sp³-hybridized carbons (Fsp3) is 0.263. The Kier molecular flexibility index (Phi) is 6.04. The summed E-state index contributed by atoms with van der Waals surface area (Å²) in [6, 6.07) is 10.3. The van der Waals surface area contributed by atoms with Gasteiger partial charge in [0, 0.05) is 30.8 Å². The van der Waals surface area contributed by atoms with Gasteiger partial charge in [-0.15, -0.1) is 0 Å². The van der Waals surface area contributed by atoms with Gasteiger partial charge in [0.2, 0.25) is 10.0 Å². The fourth-order valence-electron chi connectivity index (χ4n) is 2.91. The molecular formula is C19H18N2O7S. The lowest BCUT2D eigenvalue weighted by Gasteiger charge is -2.15. The number of Topliss-reactive ketones (excluding diaryl/α,β-unsaturated/α-hetero) is 1. The molecule has 0 atom stereocenters. The summed E-state index contributed by atoms with van der Waals surface area (Å²) in [6.45, 7) is 0.429. The number of rotatable bonds is 7. The van der Waals surface area contributed by atoms with Gasteiger partial charge in [-0.05, 0) is 49.2 Å². The Labute approximate surface area is 167 Å². The number of esters is 1. The monoisotopic (exact) mass is 418 g/mol. The van der Waals surface area contributed by atoms with E-state index in [0.29, 0.717) is 13.1 Å². The van der Waals surface area contributed by atoms with Crippen molar-refractivity contribution in [1.29, 1.82) is 0 Å². The van der Waals surface area contributed by atoms with Crippen molar-refractivity contribution in [2.75, 3.05) is 19.7 Å². The quantitative estimate of drug-likeness (QED) is 0.293. The number of carbonyl (C=O) groups is 2. The van der Waals surface area contributed by atoms with Gasteiger partial charge < -0.3 is 4.74 Å². The third-order valence-electron chi connectivity index (χ3n) is 4.53. The Morgan fingerprint density at radius 3 is 2.07 bits per heavy atom. The summed E-state index contributed by atoms with van der Waals surface area (Å²) in [5, 5.41) is 10.6. The van der Waals surface area contributed by atoms with Gasteiger partial charge in [-0.25, -0.2) is 13.2 Å². The molecule has 1 aliphatic rings. The molecule has 0 bridgehead atoms. The Balaban J connectivity index is 1.60. The number of ether oxygens (including phenoxy) is 1. The van der Waals surface area contributed by atoms with E-state index in [1.165, 1.54) is 52.8 Å². The Bertz CT molecular complexity index is 1030. The molecule has 1 fully saturated rings. The number of benzene rings is 2. The number of hydrogen-bond donors (Lipinski definition) is 0. The van der Waals surface area contributed by atoms with Crippen LogP contribution in [0.15, 0.2) is 53.4 Å². The lowest BCUT2D eigenvalue weighted by atomic mass is 10.1. The molecule has 2 aromatic carbocycles. The second-order valence-corrected chi connectivity index (χ2v) is 8.38. The normalized spacial score (nSPS) is 14.5. The molecule has 1 saturated heterocycles. The average molecular weight is 418 g/mol. The first kappa shape index (κ1) is 20.6. The molecule has 10 heteroatoms. The van der Waals surface area contributed by atoms with E-state index >= 15 is 0 Å². The number of carbonyl (C=O) groups excluding carboxylic acids is 2. The maximum Gasteiger partial charge on any atom is 0.338 e. The second-order valence-electron chi connectivity index (χ2n) is 6.44. The van der Waals surface area contributed by atoms with E-state index in [4.69, 9.17) is 4.74 Å². The molecule has 3 rings (SSSR count). The van der Waals surface area contributed by atoms with Crippen molar-refractivity contribution in [3.63, 3.8) is 0 Å². The van der Waals surface area contributed by atoms with Crippen LogP contribution in [0.4, 0.5) is 5.69 Å². The van der Waals surface area contributed by atoms with Crippen LogP contribution in [0.25, 0.3) is 0 Å². The molecule has 29 heavy (non-hydrogen) atoms. The van der Waals surface area contributed by atoms with Crippen molar-refractivity contribution in [3.8, 4) is 0 Å². The van der Waals surface area contributed by atoms with Crippen LogP contribution in [0.3, 0.4) is 0 Å². The number of nitrogens with zero attached hydrogens (tertiary/aromatic N) is 2. The van der Waals surface area contributed by atoms with Crippen molar-refractivity contribution in [1.82, 2.24) is 4.31 Å². The molecule has 152 valence electrons. The van der Waals surface area contributed by atoms with Crippen molar-refractivity contribution in [2.45, 2.75) is 17.7 Å². The van der Waals surface area contributed by atoms with Gasteiger partial charge in [0.1, 0.15) is 0 Å². The highest BCUT2D eigenvalue weighted by Gasteiger charge is 2.27. The SMILES string of the molecule is O=C(COC(=O)c1ccc(S(=O)(=O)N2CCCC2)cc1)c1ccc([N+](=O)[O-])cc1. The molecule has 1 heterocycles. The number of nitro groups is 1. The lowest BCUT2D eigenvalue weighted by molar-refractivity contribution is -0.384. The maximum atomic E-state index is 12.5. The summed E-state index contributed by atoms with van der Waals surface area (Å²) in [5.41, 5.74) is 0.139. The number of hydrogen-bond acceptors (Lipinski definition) is 7. The van der Waals surface area contributed by atoms with Crippen LogP contribution < -0.4 is 0 Å². The minimum absolute atomic E-state index is 0.0953. The molecular weight excluding hydrogens is 400 g/mol. The Hall–Kier alpha value is -3.11. The minimum atomic E-state index is -3.57. The van der Waals surface area contributed by atoms with Gasteiger partial charge in [0.05, 0.1) is 15.4 Å². The number of non-ortho nitro benzene ring substituents is 1. The molecule has 0 N–H and O–H groups in total. The molecule has 0 aromatic heterocycles. The van der Waals surface area contributed by atoms with Crippen LogP contribution in [0.1, 0.15) is 33.6 Å². The molecule has 9 nitrogen and oxygen atoms in total. The molecule has 1 aliphatic heterocycles. The van der Waals surface area contributed by atoms with E-state index in [-0.39, 0.29) is 21.7 Å². The first-order chi connectivity index (χ1) is 13.8. The van der Waals surface area contributed by atoms with Crippen molar-refractivity contribution in [3.05, 3.63) is 69.8 Å². The van der Waals surface area contributed by atoms with Crippen LogP contribution in [0.2, 0.25) is 0 Å². The van der Waals surface area contributed by atoms with E-state index in [9.17, 15) is 28.1 Å². The zero-order valence-corrected chi connectivity index (χ0v) is 16.1. The zero-order valence-electron chi connectivity index (χ0n) is 15.3. The largest absolute Gasteiger partial charge is 0.454 e. The average Bonchev–Trinajstić information content (AvgIpc) is 3.27. The minimum Gasteiger partial charge on any atom is -0.454 e. The highest BCUT2D eigenvalue weighted by atomic mass is 32.2. The van der Waals surface area contributed by atoms with Crippen molar-refractivity contribution in [2.24, 2.45) is 0 Å². The van der Waals surface area contributed by atoms with Crippen LogP contribution >= 0.6 is 0 Å². The first-order valence-electron chi connectivity index (χ1n) is 8.84. The fourth-order valence-corrected chi connectivity index (χ4v) is 4.42. The van der Waals surface area contributed by atoms with Crippen molar-refractivity contribution < 1.29 is 27.7 Å². The summed E-state index contributed by atoms with van der Waals surface area (Å²) in [5.74, 6) is -1.29. The van der Waals surface area contributed by atoms with Gasteiger partial charge >= 0.3 is 5.97 Å². The van der Waals surface area contributed by atoms with E-state index in [0.717, 1.165) is 12.8 Å². The zero-order chi connectivity index (χ0) is 21.0. The maximum absolute atomic E-state index is 12.5. The number of nitro benzene ring substituents is 1. The predicted octanol–water partition coefficient (Wildman–Crippen LogP) is 2.42. The van der Waals surface area contributed by atoms with E-state index in [1.54, 1.807) is 0 Å². The van der Waals surface area contributed by atoms with E-state index < -0.39 is 33.3 Å². The third-order valence-corrected chi connectivity index (χ3v) is 6.44. The summed E-state index contributed by atoms with van der Waals surface area (Å²) in [6.07, 6.45) is 1.65. The van der Waals surface area contributed by atoms with Crippen LogP contribution in [-0.4, -0.2) is 49.1 Å². The molecule has 0 amide bonds. The summed E-state index contributed by atoms with van der Waals surface area (Å²) in [7, 11) is -3.57. The first-order valence-corrected chi connectivity index (χ1v) is 10.3. The molecule has 0 aliphatic carbocycles. The van der Waals surface area contributed by atoms with Crippen molar-refractivity contribution >= 4 is 27.5 Å². The van der Waals surface area contributed by atoms with Gasteiger partial charge in [-0.1, -0.05) is 0 Å². The molecule has 0 saturated carbocycles. The van der Waals surface area contributed by atoms with E-state index in [1.807, 2.05) is 0 Å². The van der Waals surface area contributed by atoms with Crippen LogP contribution in [-0.2, 0) is 14.8 Å². The highest BCUT2D eigenvalue weighted by Crippen LogP contribution is 2.21. The summed E-state index contributed by atoms with van der Waals surface area (Å²) < 4.78 is 31.3. The van der Waals surface area contributed by atoms with Gasteiger partial charge in [0.25, 0.3) is 5.69 Å². The standard InChI is InChI=1S/C19H18N2O7S/c22-18(14-3-7-16(8-4-14)21(24)25)13-28-19(23)15-5-9-17(10-6-15)29(26,27)20-11-1-2-12-20/h3-10H,1-2,11-13H2.